The van der Waals surface area contributed by atoms with E-state index >= 15 is 0 Å². The van der Waals surface area contributed by atoms with Gasteiger partial charge in [0.25, 0.3) is 0 Å². The number of aromatic nitrogens is 4. The summed E-state index contributed by atoms with van der Waals surface area (Å²) in [6.45, 7) is 1.69. The molecule has 0 aliphatic rings. The molecule has 2 aromatic heterocycles. The van der Waals surface area contributed by atoms with Crippen LogP contribution in [0.2, 0.25) is 5.02 Å². The Morgan fingerprint density at radius 1 is 1.24 bits per heavy atom. The van der Waals surface area contributed by atoms with E-state index in [0.717, 1.165) is 18.2 Å². The van der Waals surface area contributed by atoms with Crippen molar-refractivity contribution in [3.8, 4) is 0 Å². The Kier molecular flexibility index (Phi) is 4.80. The maximum absolute atomic E-state index is 13.9. The summed E-state index contributed by atoms with van der Waals surface area (Å²) in [6.07, 6.45) is 4.80. The number of benzene rings is 1. The molecular formula is C16H15ClF2N6. The molecule has 0 fully saturated rings. The van der Waals surface area contributed by atoms with Gasteiger partial charge in [-0.3, -0.25) is 4.68 Å². The second-order valence-electron chi connectivity index (χ2n) is 5.45. The van der Waals surface area contributed by atoms with Gasteiger partial charge in [-0.15, -0.1) is 0 Å². The van der Waals surface area contributed by atoms with Crippen molar-refractivity contribution < 1.29 is 8.78 Å². The van der Waals surface area contributed by atoms with Gasteiger partial charge < -0.3 is 10.6 Å². The molecule has 2 N–H and O–H groups in total. The van der Waals surface area contributed by atoms with Crippen molar-refractivity contribution in [1.82, 2.24) is 19.7 Å². The molecule has 25 heavy (non-hydrogen) atoms. The van der Waals surface area contributed by atoms with E-state index in [1.807, 2.05) is 0 Å². The Balaban J connectivity index is 1.81. The number of rotatable bonds is 5. The summed E-state index contributed by atoms with van der Waals surface area (Å²) in [5, 5.41) is 10.3. The summed E-state index contributed by atoms with van der Waals surface area (Å²) in [4.78, 5) is 8.37. The number of hydrogen-bond acceptors (Lipinski definition) is 5. The van der Waals surface area contributed by atoms with Gasteiger partial charge in [0.15, 0.2) is 5.82 Å². The lowest BCUT2D eigenvalue weighted by molar-refractivity contribution is 0.577. The van der Waals surface area contributed by atoms with Gasteiger partial charge in [0.2, 0.25) is 5.95 Å². The van der Waals surface area contributed by atoms with Gasteiger partial charge in [-0.2, -0.15) is 10.1 Å². The fourth-order valence-corrected chi connectivity index (χ4v) is 2.42. The van der Waals surface area contributed by atoms with Crippen LogP contribution in [0.5, 0.6) is 0 Å². The zero-order valence-corrected chi connectivity index (χ0v) is 14.2. The maximum atomic E-state index is 13.9. The number of halogens is 3. The smallest absolute Gasteiger partial charge is 0.229 e. The largest absolute Gasteiger partial charge is 0.362 e. The first-order chi connectivity index (χ1) is 11.9. The van der Waals surface area contributed by atoms with Crippen LogP contribution in [-0.2, 0) is 7.05 Å². The molecule has 1 aromatic carbocycles. The summed E-state index contributed by atoms with van der Waals surface area (Å²) < 4.78 is 28.9. The van der Waals surface area contributed by atoms with Crippen LogP contribution in [0.15, 0.2) is 36.8 Å². The summed E-state index contributed by atoms with van der Waals surface area (Å²) in [6, 6.07) is 2.74. The van der Waals surface area contributed by atoms with Crippen LogP contribution < -0.4 is 10.6 Å². The van der Waals surface area contributed by atoms with Crippen molar-refractivity contribution in [3.05, 3.63) is 59.0 Å². The van der Waals surface area contributed by atoms with Gasteiger partial charge in [-0.1, -0.05) is 11.6 Å². The zero-order chi connectivity index (χ0) is 18.0. The van der Waals surface area contributed by atoms with Crippen LogP contribution in [-0.4, -0.2) is 19.7 Å². The molecular weight excluding hydrogens is 350 g/mol. The molecule has 0 saturated heterocycles. The van der Waals surface area contributed by atoms with Gasteiger partial charge >= 0.3 is 0 Å². The van der Waals surface area contributed by atoms with Gasteiger partial charge in [-0.25, -0.2) is 13.8 Å². The summed E-state index contributed by atoms with van der Waals surface area (Å²) in [5.74, 6) is -0.427. The van der Waals surface area contributed by atoms with Crippen LogP contribution in [0.25, 0.3) is 0 Å². The Bertz CT molecular complexity index is 898. The number of hydrogen-bond donors (Lipinski definition) is 2. The van der Waals surface area contributed by atoms with Crippen LogP contribution in [0.1, 0.15) is 18.5 Å². The van der Waals surface area contributed by atoms with E-state index in [1.165, 1.54) is 6.20 Å². The van der Waals surface area contributed by atoms with E-state index in [9.17, 15) is 8.78 Å². The molecule has 9 heteroatoms. The quantitative estimate of drug-likeness (QED) is 0.714. The Labute approximate surface area is 147 Å². The topological polar surface area (TPSA) is 67.7 Å². The molecule has 0 bridgehead atoms. The van der Waals surface area contributed by atoms with Crippen LogP contribution in [0.4, 0.5) is 26.2 Å². The monoisotopic (exact) mass is 364 g/mol. The van der Waals surface area contributed by atoms with Crippen LogP contribution in [0.3, 0.4) is 0 Å². The first-order valence-electron chi connectivity index (χ1n) is 7.42. The van der Waals surface area contributed by atoms with E-state index in [4.69, 9.17) is 11.6 Å². The lowest BCUT2D eigenvalue weighted by Crippen LogP contribution is -2.11. The Morgan fingerprint density at radius 2 is 2.04 bits per heavy atom. The number of aryl methyl sites for hydroxylation is 1. The predicted octanol–water partition coefficient (Wildman–Crippen LogP) is 4.06. The van der Waals surface area contributed by atoms with Crippen molar-refractivity contribution >= 4 is 29.1 Å². The highest BCUT2D eigenvalue weighted by atomic mass is 35.5. The van der Waals surface area contributed by atoms with E-state index in [1.54, 1.807) is 31.0 Å². The van der Waals surface area contributed by atoms with Crippen LogP contribution in [0, 0.1) is 11.6 Å². The van der Waals surface area contributed by atoms with Gasteiger partial charge in [0.05, 0.1) is 24.1 Å². The standard InChI is InChI=1S/C16H15ClF2N6/c1-9(12-5-10(18)3-4-14(12)19)22-15-13(17)7-20-16(24-15)23-11-6-21-25(2)8-11/h3-9H,1-2H3,(H2,20,22,23,24). The van der Waals surface area contributed by atoms with Gasteiger partial charge in [-0.05, 0) is 25.1 Å². The average Bonchev–Trinajstić information content (AvgIpc) is 2.98. The van der Waals surface area contributed by atoms with Crippen molar-refractivity contribution in [2.24, 2.45) is 7.05 Å². The minimum absolute atomic E-state index is 0.177. The SMILES string of the molecule is CC(Nc1nc(Nc2cnn(C)c2)ncc1Cl)c1cc(F)ccc1F. The van der Waals surface area contributed by atoms with Crippen molar-refractivity contribution in [2.75, 3.05) is 10.6 Å². The Morgan fingerprint density at radius 3 is 2.76 bits per heavy atom. The minimum Gasteiger partial charge on any atom is -0.362 e. The molecule has 3 rings (SSSR count). The lowest BCUT2D eigenvalue weighted by Gasteiger charge is -2.17. The molecule has 0 spiro atoms. The molecule has 0 saturated carbocycles. The van der Waals surface area contributed by atoms with Crippen molar-refractivity contribution in [2.45, 2.75) is 13.0 Å². The van der Waals surface area contributed by atoms with Gasteiger partial charge in [0, 0.05) is 18.8 Å². The second-order valence-corrected chi connectivity index (χ2v) is 5.86. The third-order valence-electron chi connectivity index (χ3n) is 3.48. The van der Waals surface area contributed by atoms with E-state index in [2.05, 4.69) is 25.7 Å². The highest BCUT2D eigenvalue weighted by Crippen LogP contribution is 2.27. The third kappa shape index (κ3) is 4.03. The van der Waals surface area contributed by atoms with Crippen molar-refractivity contribution in [3.63, 3.8) is 0 Å². The molecule has 0 aliphatic heterocycles. The molecule has 130 valence electrons. The first kappa shape index (κ1) is 17.1. The molecule has 0 amide bonds. The lowest BCUT2D eigenvalue weighted by atomic mass is 10.1. The second kappa shape index (κ2) is 7.02. The van der Waals surface area contributed by atoms with E-state index < -0.39 is 17.7 Å². The highest BCUT2D eigenvalue weighted by molar-refractivity contribution is 6.32. The maximum Gasteiger partial charge on any atom is 0.229 e. The zero-order valence-electron chi connectivity index (χ0n) is 13.5. The molecule has 0 radical (unpaired) electrons. The first-order valence-corrected chi connectivity index (χ1v) is 7.80. The highest BCUT2D eigenvalue weighted by Gasteiger charge is 2.15. The summed E-state index contributed by atoms with van der Waals surface area (Å²) >= 11 is 6.11. The third-order valence-corrected chi connectivity index (χ3v) is 3.76. The van der Waals surface area contributed by atoms with Crippen molar-refractivity contribution in [1.29, 1.82) is 0 Å². The molecule has 1 atom stereocenters. The minimum atomic E-state index is -0.547. The fraction of sp³-hybridized carbons (Fsp3) is 0.188. The predicted molar refractivity (Wildman–Crippen MR) is 91.9 cm³/mol. The molecule has 0 aliphatic carbocycles. The van der Waals surface area contributed by atoms with Gasteiger partial charge in [0.1, 0.15) is 16.7 Å². The molecule has 2 heterocycles. The normalized spacial score (nSPS) is 12.0. The number of anilines is 3. The molecule has 1 unspecified atom stereocenters. The summed E-state index contributed by atoms with van der Waals surface area (Å²) in [5.41, 5.74) is 0.886. The van der Waals surface area contributed by atoms with E-state index in [0.29, 0.717) is 17.5 Å². The van der Waals surface area contributed by atoms with E-state index in [-0.39, 0.29) is 10.6 Å². The number of nitrogens with zero attached hydrogens (tertiary/aromatic N) is 4. The molecule has 6 nitrogen and oxygen atoms in total. The molecule has 3 aromatic rings. The Hall–Kier alpha value is -2.74. The summed E-state index contributed by atoms with van der Waals surface area (Å²) in [7, 11) is 1.79. The number of nitrogens with one attached hydrogen (secondary N) is 2. The van der Waals surface area contributed by atoms with Crippen LogP contribution >= 0.6 is 11.6 Å². The average molecular weight is 365 g/mol. The fourth-order valence-electron chi connectivity index (χ4n) is 2.27.